The number of halogens is 5. The molecule has 2 heterocycles. The van der Waals surface area contributed by atoms with E-state index in [2.05, 4.69) is 0 Å². The van der Waals surface area contributed by atoms with Crippen molar-refractivity contribution in [2.24, 2.45) is 0 Å². The first kappa shape index (κ1) is 29.8. The predicted molar refractivity (Wildman–Crippen MR) is 151 cm³/mol. The van der Waals surface area contributed by atoms with Crippen LogP contribution in [0.3, 0.4) is 0 Å². The Hall–Kier alpha value is -3.73. The minimum absolute atomic E-state index is 0.0903. The third kappa shape index (κ3) is 6.35. The molecule has 4 aromatic rings. The molecule has 3 aromatic carbocycles. The van der Waals surface area contributed by atoms with Crippen molar-refractivity contribution >= 4 is 40.1 Å². The van der Waals surface area contributed by atoms with Crippen LogP contribution >= 0.6 is 23.2 Å². The van der Waals surface area contributed by atoms with Gasteiger partial charge in [-0.1, -0.05) is 36.2 Å². The van der Waals surface area contributed by atoms with Crippen molar-refractivity contribution < 1.29 is 36.6 Å². The number of hydrogen-bond donors (Lipinski definition) is 0. The van der Waals surface area contributed by atoms with Gasteiger partial charge in [-0.2, -0.15) is 13.2 Å². The van der Waals surface area contributed by atoms with Crippen LogP contribution in [0.4, 0.5) is 13.2 Å². The molecule has 12 heteroatoms. The molecule has 7 nitrogen and oxygen atoms in total. The van der Waals surface area contributed by atoms with Crippen molar-refractivity contribution in [3.05, 3.63) is 97.3 Å². The van der Waals surface area contributed by atoms with Crippen LogP contribution in [0.2, 0.25) is 10.0 Å². The van der Waals surface area contributed by atoms with Crippen molar-refractivity contribution in [3.63, 3.8) is 0 Å². The Labute approximate surface area is 248 Å². The highest BCUT2D eigenvalue weighted by Crippen LogP contribution is 2.41. The van der Waals surface area contributed by atoms with Crippen LogP contribution in [0, 0.1) is 0 Å². The summed E-state index contributed by atoms with van der Waals surface area (Å²) in [6.45, 7) is 2.90. The van der Waals surface area contributed by atoms with E-state index in [0.717, 1.165) is 5.56 Å². The number of ether oxygens (including phenoxy) is 3. The number of benzene rings is 3. The van der Waals surface area contributed by atoms with Crippen LogP contribution in [0.5, 0.6) is 17.2 Å². The summed E-state index contributed by atoms with van der Waals surface area (Å²) in [7, 11) is 0. The molecule has 220 valence electrons. The first-order chi connectivity index (χ1) is 20.0. The lowest BCUT2D eigenvalue weighted by Crippen LogP contribution is -2.34. The fraction of sp³-hybridized carbons (Fsp3) is 0.267. The highest BCUT2D eigenvalue weighted by atomic mass is 35.5. The highest BCUT2D eigenvalue weighted by Gasteiger charge is 2.41. The number of rotatable bonds is 8. The summed E-state index contributed by atoms with van der Waals surface area (Å²) in [5, 5.41) is 0.918. The average molecular weight is 622 g/mol. The lowest BCUT2D eigenvalue weighted by atomic mass is 10.1. The lowest BCUT2D eigenvalue weighted by molar-refractivity contribution is -0.154. The van der Waals surface area contributed by atoms with Gasteiger partial charge in [0.15, 0.2) is 0 Å². The van der Waals surface area contributed by atoms with Gasteiger partial charge in [-0.3, -0.25) is 9.69 Å². The maximum Gasteiger partial charge on any atom is 0.453 e. The van der Waals surface area contributed by atoms with Crippen LogP contribution < -0.4 is 14.9 Å². The Morgan fingerprint density at radius 3 is 2.52 bits per heavy atom. The van der Waals surface area contributed by atoms with Crippen molar-refractivity contribution in [2.45, 2.75) is 32.5 Å². The lowest BCUT2D eigenvalue weighted by Gasteiger charge is -2.29. The van der Waals surface area contributed by atoms with E-state index in [9.17, 15) is 22.8 Å². The Morgan fingerprint density at radius 2 is 1.83 bits per heavy atom. The average Bonchev–Trinajstić information content (AvgIpc) is 2.96. The van der Waals surface area contributed by atoms with Crippen LogP contribution in [0.15, 0.2) is 63.8 Å². The van der Waals surface area contributed by atoms with E-state index in [1.165, 1.54) is 36.4 Å². The van der Waals surface area contributed by atoms with Gasteiger partial charge in [0, 0.05) is 23.1 Å². The van der Waals surface area contributed by atoms with E-state index < -0.39 is 29.1 Å². The quantitative estimate of drug-likeness (QED) is 0.185. The molecule has 0 saturated heterocycles. The van der Waals surface area contributed by atoms with Crippen LogP contribution in [-0.2, 0) is 23.9 Å². The molecule has 42 heavy (non-hydrogen) atoms. The number of carbonyl (C=O) groups is 1. The first-order valence-corrected chi connectivity index (χ1v) is 13.7. The van der Waals surface area contributed by atoms with E-state index in [1.807, 2.05) is 11.8 Å². The van der Waals surface area contributed by atoms with Gasteiger partial charge >= 0.3 is 12.1 Å². The Bertz CT molecular complexity index is 1690. The van der Waals surface area contributed by atoms with Gasteiger partial charge in [0.2, 0.25) is 11.2 Å². The summed E-state index contributed by atoms with van der Waals surface area (Å²) in [4.78, 5) is 27.3. The molecule has 0 spiro atoms. The number of hydrogen-bond acceptors (Lipinski definition) is 7. The number of carbonyl (C=O) groups excluding carboxylic acids is 1. The molecule has 0 unspecified atom stereocenters. The van der Waals surface area contributed by atoms with Crippen molar-refractivity contribution in [2.75, 3.05) is 19.9 Å². The van der Waals surface area contributed by atoms with E-state index in [0.29, 0.717) is 40.7 Å². The van der Waals surface area contributed by atoms with Gasteiger partial charge in [0.25, 0.3) is 5.76 Å². The molecule has 1 aliphatic heterocycles. The van der Waals surface area contributed by atoms with Gasteiger partial charge in [0.05, 0.1) is 23.1 Å². The van der Waals surface area contributed by atoms with E-state index in [-0.39, 0.29) is 42.2 Å². The zero-order chi connectivity index (χ0) is 30.0. The Kier molecular flexibility index (Phi) is 8.68. The summed E-state index contributed by atoms with van der Waals surface area (Å²) in [5.74, 6) is -2.94. The fourth-order valence-electron chi connectivity index (χ4n) is 4.47. The standard InChI is InChI=1S/C30H24Cl2F3NO6/c1-2-13-39-29(38)18-4-7-20(8-5-18)41-27-25(37)21-9-10-24-22(26(21)42-28(27)30(33,34)35)15-36(16-40-24)12-11-17-3-6-19(31)14-23(17)32/h3-10,14H,2,11-13,15-16H2,1H3. The van der Waals surface area contributed by atoms with Crippen LogP contribution in [0.25, 0.3) is 11.0 Å². The minimum Gasteiger partial charge on any atom is -0.478 e. The summed E-state index contributed by atoms with van der Waals surface area (Å²) in [5.41, 5.74) is 0.114. The maximum absolute atomic E-state index is 14.2. The molecule has 1 aliphatic rings. The van der Waals surface area contributed by atoms with Crippen molar-refractivity contribution in [1.82, 2.24) is 4.90 Å². The minimum atomic E-state index is -5.05. The molecule has 0 saturated carbocycles. The monoisotopic (exact) mass is 621 g/mol. The molecule has 0 bridgehead atoms. The highest BCUT2D eigenvalue weighted by molar-refractivity contribution is 6.35. The van der Waals surface area contributed by atoms with Crippen LogP contribution in [-0.4, -0.2) is 30.8 Å². The first-order valence-electron chi connectivity index (χ1n) is 13.0. The smallest absolute Gasteiger partial charge is 0.453 e. The van der Waals surface area contributed by atoms with E-state index in [4.69, 9.17) is 41.8 Å². The normalized spacial score (nSPS) is 13.5. The second kappa shape index (κ2) is 12.2. The molecular weight excluding hydrogens is 598 g/mol. The molecule has 0 N–H and O–H groups in total. The van der Waals surface area contributed by atoms with E-state index in [1.54, 1.807) is 18.2 Å². The molecule has 1 aromatic heterocycles. The third-order valence-corrected chi connectivity index (χ3v) is 7.17. The third-order valence-electron chi connectivity index (χ3n) is 6.58. The molecule has 0 amide bonds. The molecule has 0 radical (unpaired) electrons. The zero-order valence-corrected chi connectivity index (χ0v) is 23.7. The molecular formula is C30H24Cl2F3NO6. The summed E-state index contributed by atoms with van der Waals surface area (Å²) < 4.78 is 64.2. The number of esters is 1. The fourth-order valence-corrected chi connectivity index (χ4v) is 4.98. The summed E-state index contributed by atoms with van der Waals surface area (Å²) in [6.07, 6.45) is -3.88. The SMILES string of the molecule is CCCOC(=O)c1ccc(Oc2c(C(F)(F)F)oc3c4c(ccc3c2=O)OCN(CCc2ccc(Cl)cc2Cl)C4)cc1. The van der Waals surface area contributed by atoms with Crippen molar-refractivity contribution in [3.8, 4) is 17.2 Å². The second-order valence-corrected chi connectivity index (χ2v) is 10.4. The van der Waals surface area contributed by atoms with Gasteiger partial charge < -0.3 is 18.6 Å². The summed E-state index contributed by atoms with van der Waals surface area (Å²) >= 11 is 12.2. The van der Waals surface area contributed by atoms with Crippen molar-refractivity contribution in [1.29, 1.82) is 0 Å². The topological polar surface area (TPSA) is 78.2 Å². The zero-order valence-electron chi connectivity index (χ0n) is 22.2. The largest absolute Gasteiger partial charge is 0.478 e. The number of alkyl halides is 3. The van der Waals surface area contributed by atoms with Gasteiger partial charge in [-0.15, -0.1) is 0 Å². The Morgan fingerprint density at radius 1 is 1.07 bits per heavy atom. The van der Waals surface area contributed by atoms with Gasteiger partial charge in [-0.05, 0) is 66.9 Å². The Balaban J connectivity index is 1.45. The predicted octanol–water partition coefficient (Wildman–Crippen LogP) is 7.87. The van der Waals surface area contributed by atoms with Gasteiger partial charge in [0.1, 0.15) is 23.8 Å². The van der Waals surface area contributed by atoms with E-state index >= 15 is 0 Å². The number of fused-ring (bicyclic) bond motifs is 3. The summed E-state index contributed by atoms with van der Waals surface area (Å²) in [6, 6.07) is 13.3. The maximum atomic E-state index is 14.2. The molecule has 0 aliphatic carbocycles. The van der Waals surface area contributed by atoms with Crippen LogP contribution in [0.1, 0.15) is 40.6 Å². The molecule has 0 atom stereocenters. The molecule has 0 fully saturated rings. The molecule has 5 rings (SSSR count). The second-order valence-electron chi connectivity index (χ2n) is 9.58. The number of nitrogens with zero attached hydrogens (tertiary/aromatic N) is 1. The van der Waals surface area contributed by atoms with Gasteiger partial charge in [-0.25, -0.2) is 4.79 Å².